The zero-order chi connectivity index (χ0) is 14.6. The minimum atomic E-state index is -4.35. The molecule has 8 heteroatoms. The Hall–Kier alpha value is -1.34. The van der Waals surface area contributed by atoms with E-state index < -0.39 is 18.6 Å². The molecule has 0 aliphatic rings. The van der Waals surface area contributed by atoms with Crippen molar-refractivity contribution in [2.75, 3.05) is 21.3 Å². The average molecular weight is 316 g/mol. The van der Waals surface area contributed by atoms with Crippen LogP contribution in [0.3, 0.4) is 0 Å². The highest BCUT2D eigenvalue weighted by molar-refractivity contribution is 5.85. The van der Waals surface area contributed by atoms with Crippen LogP contribution in [0.1, 0.15) is 18.0 Å². The quantitative estimate of drug-likeness (QED) is 0.907. The Morgan fingerprint density at radius 2 is 1.45 bits per heavy atom. The summed E-state index contributed by atoms with van der Waals surface area (Å²) in [7, 11) is 4.17. The predicted molar refractivity (Wildman–Crippen MR) is 70.9 cm³/mol. The summed E-state index contributed by atoms with van der Waals surface area (Å²) in [5, 5.41) is 0. The molecule has 1 aromatic rings. The van der Waals surface area contributed by atoms with E-state index in [1.54, 1.807) is 0 Å². The van der Waals surface area contributed by atoms with Gasteiger partial charge in [0.2, 0.25) is 0 Å². The van der Waals surface area contributed by atoms with E-state index in [2.05, 4.69) is 0 Å². The molecule has 1 aromatic carbocycles. The van der Waals surface area contributed by atoms with Crippen molar-refractivity contribution in [3.05, 3.63) is 17.7 Å². The van der Waals surface area contributed by atoms with Gasteiger partial charge in [0.15, 0.2) is 11.5 Å². The molecule has 2 N–H and O–H groups in total. The zero-order valence-corrected chi connectivity index (χ0v) is 12.1. The summed E-state index contributed by atoms with van der Waals surface area (Å²) in [5.74, 6) is 0.896. The lowest BCUT2D eigenvalue weighted by atomic mass is 10.0. The molecule has 0 fully saturated rings. The molecular formula is C12H17ClF3NO3. The Morgan fingerprint density at radius 1 is 1.00 bits per heavy atom. The molecule has 116 valence electrons. The van der Waals surface area contributed by atoms with Gasteiger partial charge in [-0.05, 0) is 6.07 Å². The maximum Gasteiger partial charge on any atom is 0.390 e. The van der Waals surface area contributed by atoms with Gasteiger partial charge in [0.25, 0.3) is 0 Å². The first kappa shape index (κ1) is 18.7. The minimum absolute atomic E-state index is 0. The fourth-order valence-corrected chi connectivity index (χ4v) is 1.70. The standard InChI is InChI=1S/C12H16F3NO3.ClH/c1-17-9-5-11(19-3)10(18-2)4-7(9)8(16)6-12(13,14)15;/h4-5,8H,6,16H2,1-3H3;1H/t8-;/m0./s1. The van der Waals surface area contributed by atoms with Crippen LogP contribution in [0.25, 0.3) is 0 Å². The smallest absolute Gasteiger partial charge is 0.390 e. The molecule has 4 nitrogen and oxygen atoms in total. The lowest BCUT2D eigenvalue weighted by Gasteiger charge is -2.19. The fraction of sp³-hybridized carbons (Fsp3) is 0.500. The number of halogens is 4. The zero-order valence-electron chi connectivity index (χ0n) is 11.3. The Balaban J connectivity index is 0.00000361. The van der Waals surface area contributed by atoms with Crippen LogP contribution in [0.5, 0.6) is 17.2 Å². The first-order valence-electron chi connectivity index (χ1n) is 5.44. The molecule has 0 aliphatic carbocycles. The number of hydrogen-bond acceptors (Lipinski definition) is 4. The van der Waals surface area contributed by atoms with Crippen molar-refractivity contribution in [1.82, 2.24) is 0 Å². The van der Waals surface area contributed by atoms with Gasteiger partial charge in [0.05, 0.1) is 27.8 Å². The topological polar surface area (TPSA) is 53.7 Å². The van der Waals surface area contributed by atoms with Crippen LogP contribution in [0, 0.1) is 0 Å². The van der Waals surface area contributed by atoms with Gasteiger partial charge in [-0.25, -0.2) is 0 Å². The fourth-order valence-electron chi connectivity index (χ4n) is 1.70. The van der Waals surface area contributed by atoms with Gasteiger partial charge >= 0.3 is 6.18 Å². The highest BCUT2D eigenvalue weighted by Gasteiger charge is 2.32. The summed E-state index contributed by atoms with van der Waals surface area (Å²) in [6.45, 7) is 0. The molecule has 1 atom stereocenters. The third-order valence-electron chi connectivity index (χ3n) is 2.59. The van der Waals surface area contributed by atoms with E-state index in [4.69, 9.17) is 19.9 Å². The summed E-state index contributed by atoms with van der Waals surface area (Å²) in [6.07, 6.45) is -5.49. The van der Waals surface area contributed by atoms with Crippen molar-refractivity contribution in [1.29, 1.82) is 0 Å². The SMILES string of the molecule is COc1cc(OC)c([C@@H](N)CC(F)(F)F)cc1OC.Cl. The lowest BCUT2D eigenvalue weighted by Crippen LogP contribution is -2.21. The lowest BCUT2D eigenvalue weighted by molar-refractivity contribution is -0.138. The number of methoxy groups -OCH3 is 3. The molecule has 0 bridgehead atoms. The number of hydrogen-bond donors (Lipinski definition) is 1. The minimum Gasteiger partial charge on any atom is -0.496 e. The van der Waals surface area contributed by atoms with Crippen molar-refractivity contribution < 1.29 is 27.4 Å². The number of ether oxygens (including phenoxy) is 3. The molecule has 0 aromatic heterocycles. The number of nitrogens with two attached hydrogens (primary N) is 1. The first-order valence-corrected chi connectivity index (χ1v) is 5.44. The molecule has 0 unspecified atom stereocenters. The van der Waals surface area contributed by atoms with Crippen LogP contribution in [0.2, 0.25) is 0 Å². The summed E-state index contributed by atoms with van der Waals surface area (Å²) in [4.78, 5) is 0. The van der Waals surface area contributed by atoms with Crippen LogP contribution in [0.15, 0.2) is 12.1 Å². The summed E-state index contributed by atoms with van der Waals surface area (Å²) in [6, 6.07) is 1.62. The maximum absolute atomic E-state index is 12.4. The van der Waals surface area contributed by atoms with E-state index >= 15 is 0 Å². The maximum atomic E-state index is 12.4. The van der Waals surface area contributed by atoms with Gasteiger partial charge in [-0.15, -0.1) is 12.4 Å². The van der Waals surface area contributed by atoms with Gasteiger partial charge in [-0.1, -0.05) is 0 Å². The first-order chi connectivity index (χ1) is 8.82. The average Bonchev–Trinajstić information content (AvgIpc) is 2.34. The van der Waals surface area contributed by atoms with Crippen molar-refractivity contribution in [3.63, 3.8) is 0 Å². The van der Waals surface area contributed by atoms with E-state index in [9.17, 15) is 13.2 Å². The Kier molecular flexibility index (Phi) is 6.95. The van der Waals surface area contributed by atoms with E-state index in [0.717, 1.165) is 0 Å². The normalized spacial score (nSPS) is 12.3. The molecule has 1 rings (SSSR count). The van der Waals surface area contributed by atoms with E-state index in [0.29, 0.717) is 11.5 Å². The monoisotopic (exact) mass is 315 g/mol. The summed E-state index contributed by atoms with van der Waals surface area (Å²) >= 11 is 0. The van der Waals surface area contributed by atoms with Crippen LogP contribution < -0.4 is 19.9 Å². The van der Waals surface area contributed by atoms with E-state index in [1.807, 2.05) is 0 Å². The molecule has 20 heavy (non-hydrogen) atoms. The number of benzene rings is 1. The Morgan fingerprint density at radius 3 is 1.85 bits per heavy atom. The van der Waals surface area contributed by atoms with Gasteiger partial charge in [0, 0.05) is 17.7 Å². The summed E-state index contributed by atoms with van der Waals surface area (Å²) < 4.78 is 52.3. The molecular weight excluding hydrogens is 299 g/mol. The van der Waals surface area contributed by atoms with Gasteiger partial charge in [-0.2, -0.15) is 13.2 Å². The second kappa shape index (κ2) is 7.44. The van der Waals surface area contributed by atoms with Crippen molar-refractivity contribution in [2.24, 2.45) is 5.73 Å². The molecule has 0 spiro atoms. The van der Waals surface area contributed by atoms with Gasteiger partial charge in [-0.3, -0.25) is 0 Å². The van der Waals surface area contributed by atoms with Crippen molar-refractivity contribution >= 4 is 12.4 Å². The second-order valence-electron chi connectivity index (χ2n) is 3.87. The highest BCUT2D eigenvalue weighted by atomic mass is 35.5. The molecule has 0 heterocycles. The van der Waals surface area contributed by atoms with Crippen LogP contribution in [-0.4, -0.2) is 27.5 Å². The highest BCUT2D eigenvalue weighted by Crippen LogP contribution is 2.39. The second-order valence-corrected chi connectivity index (χ2v) is 3.87. The predicted octanol–water partition coefficient (Wildman–Crippen LogP) is 3.09. The Bertz CT molecular complexity index is 441. The number of alkyl halides is 3. The molecule has 0 aliphatic heterocycles. The molecule has 0 saturated heterocycles. The third kappa shape index (κ3) is 4.64. The Labute approximate surface area is 121 Å². The van der Waals surface area contributed by atoms with Crippen LogP contribution >= 0.6 is 12.4 Å². The van der Waals surface area contributed by atoms with E-state index in [1.165, 1.54) is 33.5 Å². The molecule has 0 radical (unpaired) electrons. The van der Waals surface area contributed by atoms with Gasteiger partial charge < -0.3 is 19.9 Å². The van der Waals surface area contributed by atoms with E-state index in [-0.39, 0.29) is 23.7 Å². The van der Waals surface area contributed by atoms with Crippen LogP contribution in [-0.2, 0) is 0 Å². The largest absolute Gasteiger partial charge is 0.496 e. The van der Waals surface area contributed by atoms with Crippen LogP contribution in [0.4, 0.5) is 13.2 Å². The molecule has 0 amide bonds. The molecule has 0 saturated carbocycles. The summed E-state index contributed by atoms with van der Waals surface area (Å²) in [5.41, 5.74) is 5.80. The third-order valence-corrected chi connectivity index (χ3v) is 2.59. The van der Waals surface area contributed by atoms with Crippen molar-refractivity contribution in [3.8, 4) is 17.2 Å². The van der Waals surface area contributed by atoms with Crippen molar-refractivity contribution in [2.45, 2.75) is 18.6 Å². The number of rotatable bonds is 5. The van der Waals surface area contributed by atoms with Gasteiger partial charge in [0.1, 0.15) is 5.75 Å².